The number of imide groups is 2. The summed E-state index contributed by atoms with van der Waals surface area (Å²) in [6.45, 7) is 1.84. The highest BCUT2D eigenvalue weighted by Gasteiger charge is 2.63. The number of benzene rings is 2. The first kappa shape index (κ1) is 20.0. The molecule has 2 aromatic carbocycles. The number of halogens is 2. The van der Waals surface area contributed by atoms with E-state index in [1.807, 2.05) is 19.2 Å². The van der Waals surface area contributed by atoms with Gasteiger partial charge in [-0.1, -0.05) is 17.7 Å². The normalized spacial score (nSPS) is 26.0. The van der Waals surface area contributed by atoms with Crippen LogP contribution >= 0.6 is 11.6 Å². The van der Waals surface area contributed by atoms with E-state index in [0.29, 0.717) is 23.7 Å². The van der Waals surface area contributed by atoms with Gasteiger partial charge < -0.3 is 9.80 Å². The number of piperazine rings is 1. The third-order valence-corrected chi connectivity index (χ3v) is 6.86. The first-order valence-corrected chi connectivity index (χ1v) is 10.4. The van der Waals surface area contributed by atoms with Crippen molar-refractivity contribution in [2.75, 3.05) is 36.5 Å². The molecule has 0 radical (unpaired) electrons. The van der Waals surface area contributed by atoms with E-state index in [-0.39, 0.29) is 12.1 Å². The number of amides is 4. The van der Waals surface area contributed by atoms with Crippen molar-refractivity contribution in [2.45, 2.75) is 12.5 Å². The van der Waals surface area contributed by atoms with E-state index >= 15 is 0 Å². The van der Waals surface area contributed by atoms with E-state index < -0.39 is 35.1 Å². The first-order chi connectivity index (χ1) is 14.8. The Balaban J connectivity index is 1.68. The van der Waals surface area contributed by atoms with Crippen LogP contribution in [0.15, 0.2) is 42.5 Å². The minimum Gasteiger partial charge on any atom is -0.364 e. The molecule has 0 bridgehead atoms. The van der Waals surface area contributed by atoms with E-state index in [4.69, 9.17) is 11.6 Å². The molecule has 0 saturated carbocycles. The third-order valence-electron chi connectivity index (χ3n) is 6.51. The lowest BCUT2D eigenvalue weighted by Crippen LogP contribution is -2.75. The summed E-state index contributed by atoms with van der Waals surface area (Å²) in [5.41, 5.74) is 0.273. The van der Waals surface area contributed by atoms with Gasteiger partial charge in [-0.3, -0.25) is 14.9 Å². The Morgan fingerprint density at radius 1 is 1.10 bits per heavy atom. The van der Waals surface area contributed by atoms with Gasteiger partial charge in [-0.15, -0.1) is 0 Å². The van der Waals surface area contributed by atoms with Crippen molar-refractivity contribution < 1.29 is 18.8 Å². The summed E-state index contributed by atoms with van der Waals surface area (Å²) in [5.74, 6) is -1.74. The van der Waals surface area contributed by atoms with Crippen LogP contribution in [0.5, 0.6) is 0 Å². The molecule has 2 saturated heterocycles. The van der Waals surface area contributed by atoms with Gasteiger partial charge in [0, 0.05) is 36.8 Å². The molecule has 1 N–H and O–H groups in total. The predicted octanol–water partition coefficient (Wildman–Crippen LogP) is 2.43. The molecule has 2 atom stereocenters. The molecule has 4 amide bonds. The summed E-state index contributed by atoms with van der Waals surface area (Å²) < 4.78 is 13.4. The molecular formula is C22H20ClFN4O3. The van der Waals surface area contributed by atoms with Gasteiger partial charge in [-0.25, -0.2) is 14.1 Å². The Bertz CT molecular complexity index is 1110. The molecule has 31 heavy (non-hydrogen) atoms. The Kier molecular flexibility index (Phi) is 4.53. The van der Waals surface area contributed by atoms with E-state index in [0.717, 1.165) is 17.1 Å². The number of nitrogens with zero attached hydrogens (tertiary/aromatic N) is 3. The van der Waals surface area contributed by atoms with Crippen molar-refractivity contribution in [1.29, 1.82) is 0 Å². The number of carbonyl (C=O) groups is 3. The van der Waals surface area contributed by atoms with E-state index in [2.05, 4.69) is 15.1 Å². The Morgan fingerprint density at radius 3 is 2.58 bits per heavy atom. The van der Waals surface area contributed by atoms with Crippen LogP contribution in [0.2, 0.25) is 5.02 Å². The third kappa shape index (κ3) is 2.85. The molecule has 3 heterocycles. The van der Waals surface area contributed by atoms with Crippen LogP contribution in [0.25, 0.3) is 0 Å². The molecule has 7 nitrogen and oxygen atoms in total. The smallest absolute Gasteiger partial charge is 0.335 e. The fourth-order valence-electron chi connectivity index (χ4n) is 4.95. The van der Waals surface area contributed by atoms with Crippen LogP contribution in [-0.4, -0.2) is 55.5 Å². The first-order valence-electron chi connectivity index (χ1n) is 10.0. The Labute approximate surface area is 183 Å². The minimum atomic E-state index is -1.55. The lowest BCUT2D eigenvalue weighted by Gasteiger charge is -2.55. The van der Waals surface area contributed by atoms with Gasteiger partial charge in [0.2, 0.25) is 5.91 Å². The molecule has 2 fully saturated rings. The van der Waals surface area contributed by atoms with Crippen molar-refractivity contribution in [3.8, 4) is 0 Å². The Morgan fingerprint density at radius 2 is 1.84 bits per heavy atom. The lowest BCUT2D eigenvalue weighted by atomic mass is 9.67. The zero-order valence-electron chi connectivity index (χ0n) is 16.8. The van der Waals surface area contributed by atoms with Crippen LogP contribution in [0.4, 0.5) is 20.6 Å². The number of carbonyl (C=O) groups excluding carboxylic acids is 3. The van der Waals surface area contributed by atoms with Crippen molar-refractivity contribution >= 4 is 40.8 Å². The molecule has 1 spiro atoms. The zero-order chi connectivity index (χ0) is 21.9. The predicted molar refractivity (Wildman–Crippen MR) is 114 cm³/mol. The quantitative estimate of drug-likeness (QED) is 0.687. The molecule has 0 aromatic heterocycles. The molecule has 0 unspecified atom stereocenters. The second-order valence-electron chi connectivity index (χ2n) is 8.23. The summed E-state index contributed by atoms with van der Waals surface area (Å²) in [5, 5.41) is 2.85. The Hall–Kier alpha value is -2.97. The summed E-state index contributed by atoms with van der Waals surface area (Å²) in [4.78, 5) is 45.1. The van der Waals surface area contributed by atoms with Crippen LogP contribution in [0, 0.1) is 11.2 Å². The maximum Gasteiger partial charge on any atom is 0.335 e. The summed E-state index contributed by atoms with van der Waals surface area (Å²) in [6.07, 6.45) is 0.0760. The number of urea groups is 1. The van der Waals surface area contributed by atoms with Gasteiger partial charge >= 0.3 is 6.03 Å². The van der Waals surface area contributed by atoms with Gasteiger partial charge in [0.1, 0.15) is 5.82 Å². The van der Waals surface area contributed by atoms with Gasteiger partial charge in [0.25, 0.3) is 5.91 Å². The van der Waals surface area contributed by atoms with Crippen LogP contribution < -0.4 is 15.1 Å². The summed E-state index contributed by atoms with van der Waals surface area (Å²) in [6, 6.07) is 9.26. The number of hydrogen-bond acceptors (Lipinski definition) is 5. The summed E-state index contributed by atoms with van der Waals surface area (Å²) >= 11 is 6.50. The van der Waals surface area contributed by atoms with Crippen molar-refractivity contribution in [2.24, 2.45) is 5.41 Å². The topological polar surface area (TPSA) is 73.0 Å². The molecule has 3 aliphatic rings. The number of nitrogens with one attached hydrogen (secondary N) is 1. The van der Waals surface area contributed by atoms with Gasteiger partial charge in [-0.2, -0.15) is 0 Å². The second kappa shape index (κ2) is 7.03. The lowest BCUT2D eigenvalue weighted by molar-refractivity contribution is -0.145. The fourth-order valence-corrected chi connectivity index (χ4v) is 5.18. The van der Waals surface area contributed by atoms with Crippen molar-refractivity contribution in [1.82, 2.24) is 10.2 Å². The molecule has 5 rings (SSSR count). The number of hydrogen-bond donors (Lipinski definition) is 1. The number of likely N-dealkylation sites (N-methyl/N-ethyl adjacent to an activating group) is 1. The van der Waals surface area contributed by atoms with Gasteiger partial charge in [-0.05, 0) is 49.0 Å². The van der Waals surface area contributed by atoms with Crippen LogP contribution in [0.1, 0.15) is 5.56 Å². The van der Waals surface area contributed by atoms with E-state index in [1.165, 1.54) is 24.3 Å². The molecule has 2 aromatic rings. The molecular weight excluding hydrogens is 423 g/mol. The molecule has 160 valence electrons. The average molecular weight is 443 g/mol. The van der Waals surface area contributed by atoms with Gasteiger partial charge in [0.15, 0.2) is 5.41 Å². The maximum atomic E-state index is 14.0. The largest absolute Gasteiger partial charge is 0.364 e. The molecule has 3 aliphatic heterocycles. The van der Waals surface area contributed by atoms with Crippen LogP contribution in [-0.2, 0) is 16.0 Å². The highest BCUT2D eigenvalue weighted by atomic mass is 35.5. The van der Waals surface area contributed by atoms with Gasteiger partial charge in [0.05, 0.1) is 11.7 Å². The number of fused-ring (bicyclic) bond motifs is 4. The highest BCUT2D eigenvalue weighted by molar-refractivity contribution is 6.33. The van der Waals surface area contributed by atoms with Crippen molar-refractivity contribution in [3.05, 3.63) is 58.9 Å². The fraction of sp³-hybridized carbons (Fsp3) is 0.318. The minimum absolute atomic E-state index is 0.0760. The maximum absolute atomic E-state index is 14.0. The number of barbiturate groups is 1. The summed E-state index contributed by atoms with van der Waals surface area (Å²) in [7, 11) is 1.94. The highest BCUT2D eigenvalue weighted by Crippen LogP contribution is 2.47. The standard InChI is InChI=1S/C22H20ClFN4O3/c1-26-9-10-27-17-4-2-3-16(23)15(17)11-22(18(27)12-26)19(29)25-21(31)28(20(22)30)14-7-5-13(24)6-8-14/h2-8,18H,9-12H2,1H3,(H,25,29,31)/t18-,22-/m0/s1. The monoisotopic (exact) mass is 442 g/mol. The molecule has 0 aliphatic carbocycles. The van der Waals surface area contributed by atoms with E-state index in [1.54, 1.807) is 6.07 Å². The second-order valence-corrected chi connectivity index (χ2v) is 8.64. The van der Waals surface area contributed by atoms with Crippen molar-refractivity contribution in [3.63, 3.8) is 0 Å². The SMILES string of the molecule is CN1CCN2c3cccc(Cl)c3C[C@@]3(C(=O)NC(=O)N(c4ccc(F)cc4)C3=O)[C@@H]2C1. The number of rotatable bonds is 1. The van der Waals surface area contributed by atoms with E-state index in [9.17, 15) is 18.8 Å². The average Bonchev–Trinajstić information content (AvgIpc) is 2.74. The zero-order valence-corrected chi connectivity index (χ0v) is 17.5. The van der Waals surface area contributed by atoms with Crippen LogP contribution in [0.3, 0.4) is 0 Å². The number of anilines is 2. The molecule has 9 heteroatoms.